The molecule has 8 unspecified atom stereocenters. The normalized spacial score (nSPS) is 46.1. The molecule has 42 heavy (non-hydrogen) atoms. The fourth-order valence-corrected chi connectivity index (χ4v) is 14.6. The van der Waals surface area contributed by atoms with Crippen LogP contribution in [-0.2, 0) is 23.3 Å². The molecule has 3 fully saturated rings. The van der Waals surface area contributed by atoms with Crippen LogP contribution in [0.2, 0.25) is 12.1 Å². The topological polar surface area (TPSA) is 0 Å². The van der Waals surface area contributed by atoms with Gasteiger partial charge in [0.05, 0.1) is 0 Å². The van der Waals surface area contributed by atoms with E-state index in [1.807, 2.05) is 35.5 Å². The molecule has 1 heterocycles. The predicted octanol–water partition coefficient (Wildman–Crippen LogP) is 4.28. The Hall–Kier alpha value is -0.400. The summed E-state index contributed by atoms with van der Waals surface area (Å²) >= 11 is 1.87. The van der Waals surface area contributed by atoms with Crippen molar-refractivity contribution in [1.82, 2.24) is 0 Å². The first kappa shape index (κ1) is 36.1. The molecule has 4 heteroatoms. The van der Waals surface area contributed by atoms with Crippen LogP contribution in [0.25, 0.3) is 0 Å². The molecule has 1 aliphatic heterocycles. The monoisotopic (exact) mass is 694 g/mol. The van der Waals surface area contributed by atoms with Crippen molar-refractivity contribution in [2.75, 3.05) is 0 Å². The van der Waals surface area contributed by atoms with Crippen LogP contribution in [-0.4, -0.2) is 5.43 Å². The van der Waals surface area contributed by atoms with Crippen molar-refractivity contribution in [3.05, 3.63) is 103 Å². The average Bonchev–Trinajstić information content (AvgIpc) is 3.69. The van der Waals surface area contributed by atoms with Gasteiger partial charge in [0.25, 0.3) is 0 Å². The Morgan fingerprint density at radius 1 is 0.762 bits per heavy atom. The van der Waals surface area contributed by atoms with Crippen molar-refractivity contribution in [2.45, 2.75) is 86.7 Å². The van der Waals surface area contributed by atoms with E-state index >= 15 is 0 Å². The molecule has 8 atom stereocenters. The fourth-order valence-electron chi connectivity index (χ4n) is 10.4. The third-order valence-corrected chi connectivity index (χ3v) is 19.4. The zero-order valence-corrected chi connectivity index (χ0v) is 32.0. The van der Waals surface area contributed by atoms with E-state index in [-0.39, 0.29) is 62.7 Å². The molecule has 7 rings (SSSR count). The van der Waals surface area contributed by atoms with Crippen LogP contribution in [0.4, 0.5) is 0 Å². The van der Waals surface area contributed by atoms with Gasteiger partial charge in [-0.1, -0.05) is 115 Å². The minimum absolute atomic E-state index is 0. The SMILES string of the molecule is CC1=CC=CC2[CH-]C3(C)C4(C)C=CC=CC4(C)C4(C)C=CC=CC4(C)C3(C)C12C.[C-]1=CC=CC1.[Cl-].[Cl-].[Zr+2]=[Si]1CCCC1. The van der Waals surface area contributed by atoms with Gasteiger partial charge in [-0.2, -0.15) is 6.08 Å². The average molecular weight is 697 g/mol. The number of hydrogen-bond donors (Lipinski definition) is 0. The third-order valence-electron chi connectivity index (χ3n) is 13.8. The molecule has 0 aromatic heterocycles. The van der Waals surface area contributed by atoms with Gasteiger partial charge in [0, 0.05) is 10.8 Å². The molecule has 7 aliphatic rings. The standard InChI is InChI=1S/C29H37.C5H5.C4H8Si.2ClH.Zr/c1-21-14-13-15-22-20-27(6)25(4)18-10-9-16-23(25,2)24(3)17-11-12-19-26(24,5)29(27,8)28(21,22)7;2*1-2-4-5-3-1;;;/h9-20,22H,1-8H3;1-3H,4H2;1-4H2;2*1H;/q2*-1;;;;+2/p-2. The van der Waals surface area contributed by atoms with E-state index in [0.29, 0.717) is 11.4 Å². The molecule has 1 saturated heterocycles. The molecule has 0 aromatic carbocycles. The van der Waals surface area contributed by atoms with Crippen molar-refractivity contribution in [1.29, 1.82) is 0 Å². The molecule has 0 spiro atoms. The molecule has 226 valence electrons. The minimum atomic E-state index is 0. The summed E-state index contributed by atoms with van der Waals surface area (Å²) in [5, 5.41) is 0. The van der Waals surface area contributed by atoms with Gasteiger partial charge in [-0.15, -0.1) is 23.8 Å². The summed E-state index contributed by atoms with van der Waals surface area (Å²) in [5.74, 6) is 0.460. The third kappa shape index (κ3) is 4.42. The molecule has 0 radical (unpaired) electrons. The van der Waals surface area contributed by atoms with E-state index in [9.17, 15) is 0 Å². The molecule has 0 nitrogen and oxygen atoms in total. The second kappa shape index (κ2) is 12.4. The van der Waals surface area contributed by atoms with E-state index in [4.69, 9.17) is 0 Å². The summed E-state index contributed by atoms with van der Waals surface area (Å²) in [6, 6.07) is 3.26. The van der Waals surface area contributed by atoms with E-state index in [0.717, 1.165) is 6.42 Å². The molecule has 0 N–H and O–H groups in total. The summed E-state index contributed by atoms with van der Waals surface area (Å²) in [5.41, 5.74) is 2.07. The van der Waals surface area contributed by atoms with Gasteiger partial charge in [-0.05, 0) is 28.6 Å². The Morgan fingerprint density at radius 2 is 1.29 bits per heavy atom. The van der Waals surface area contributed by atoms with Crippen LogP contribution in [0.5, 0.6) is 0 Å². The first-order chi connectivity index (χ1) is 18.8. The zero-order chi connectivity index (χ0) is 29.1. The number of fused-ring (bicyclic) bond motifs is 8. The van der Waals surface area contributed by atoms with Crippen LogP contribution >= 0.6 is 0 Å². The maximum absolute atomic E-state index is 2.99. The predicted molar refractivity (Wildman–Crippen MR) is 170 cm³/mol. The van der Waals surface area contributed by atoms with Gasteiger partial charge in [0.1, 0.15) is 0 Å². The van der Waals surface area contributed by atoms with Crippen LogP contribution < -0.4 is 24.8 Å². The first-order valence-electron chi connectivity index (χ1n) is 15.5. The van der Waals surface area contributed by atoms with E-state index in [1.165, 1.54) is 5.57 Å². The summed E-state index contributed by atoms with van der Waals surface area (Å²) < 4.78 is 0. The molecule has 6 aliphatic carbocycles. The second-order valence-corrected chi connectivity index (χ2v) is 21.9. The van der Waals surface area contributed by atoms with Gasteiger partial charge in [0.2, 0.25) is 0 Å². The Morgan fingerprint density at radius 3 is 1.74 bits per heavy atom. The Kier molecular flexibility index (Phi) is 10.7. The second-order valence-electron chi connectivity index (χ2n) is 14.5. The Bertz CT molecular complexity index is 1300. The van der Waals surface area contributed by atoms with Crippen molar-refractivity contribution in [3.63, 3.8) is 0 Å². The van der Waals surface area contributed by atoms with Gasteiger partial charge in [-0.25, -0.2) is 12.2 Å². The Labute approximate surface area is 285 Å². The van der Waals surface area contributed by atoms with Gasteiger partial charge < -0.3 is 31.2 Å². The van der Waals surface area contributed by atoms with Crippen LogP contribution in [0.3, 0.4) is 0 Å². The Balaban J connectivity index is 0.000000312. The van der Waals surface area contributed by atoms with Crippen LogP contribution in [0.15, 0.2) is 90.6 Å². The van der Waals surface area contributed by atoms with Crippen LogP contribution in [0, 0.1) is 56.3 Å². The van der Waals surface area contributed by atoms with Crippen molar-refractivity contribution < 1.29 is 48.1 Å². The van der Waals surface area contributed by atoms with Gasteiger partial charge in [-0.3, -0.25) is 6.08 Å². The summed E-state index contributed by atoms with van der Waals surface area (Å²) in [6.45, 7) is 20.3. The molecule has 0 amide bonds. The van der Waals surface area contributed by atoms with Crippen molar-refractivity contribution >= 4 is 5.43 Å². The van der Waals surface area contributed by atoms with Crippen molar-refractivity contribution in [2.24, 2.45) is 43.8 Å². The molecule has 2 saturated carbocycles. The molecular formula is C38H50Cl2SiZr-2. The number of hydrogen-bond acceptors (Lipinski definition) is 0. The summed E-state index contributed by atoms with van der Waals surface area (Å²) in [7, 11) is 0. The summed E-state index contributed by atoms with van der Waals surface area (Å²) in [6.07, 6.45) is 42.4. The summed E-state index contributed by atoms with van der Waals surface area (Å²) in [4.78, 5) is 0. The van der Waals surface area contributed by atoms with E-state index < -0.39 is 0 Å². The van der Waals surface area contributed by atoms with E-state index in [1.54, 1.807) is 24.9 Å². The number of halogens is 2. The quantitative estimate of drug-likeness (QED) is 0.262. The van der Waals surface area contributed by atoms with Gasteiger partial charge in [0.15, 0.2) is 0 Å². The molecule has 0 aromatic rings. The maximum atomic E-state index is 2.99. The fraction of sp³-hybridized carbons (Fsp3) is 0.553. The zero-order valence-electron chi connectivity index (χ0n) is 27.0. The first-order valence-corrected chi connectivity index (χ1v) is 21.1. The molecule has 0 bridgehead atoms. The number of rotatable bonds is 0. The molecular weight excluding hydrogens is 647 g/mol. The van der Waals surface area contributed by atoms with Crippen LogP contribution in [0.1, 0.15) is 74.7 Å². The van der Waals surface area contributed by atoms with Crippen molar-refractivity contribution in [3.8, 4) is 0 Å². The van der Waals surface area contributed by atoms with E-state index in [2.05, 4.69) is 141 Å². The number of allylic oxidation sites excluding steroid dienone is 16. The van der Waals surface area contributed by atoms with Gasteiger partial charge >= 0.3 is 53.7 Å².